The molecule has 2 aromatic carbocycles. The minimum Gasteiger partial charge on any atom is -0.481 e. The lowest BCUT2D eigenvalue weighted by Crippen LogP contribution is -2.31. The quantitative estimate of drug-likeness (QED) is 0.199. The first-order valence-electron chi connectivity index (χ1n) is 12.8. The van der Waals surface area contributed by atoms with Gasteiger partial charge in [0.2, 0.25) is 15.8 Å². The molecule has 0 unspecified atom stereocenters. The van der Waals surface area contributed by atoms with Gasteiger partial charge in [0.1, 0.15) is 5.76 Å². The summed E-state index contributed by atoms with van der Waals surface area (Å²) in [4.78, 5) is 13.0. The maximum absolute atomic E-state index is 14.1. The molecule has 12 heteroatoms. The average Bonchev–Trinajstić information content (AvgIpc) is 3.49. The lowest BCUT2D eigenvalue weighted by molar-refractivity contribution is -0.153. The van der Waals surface area contributed by atoms with E-state index in [1.165, 1.54) is 11.3 Å². The lowest BCUT2D eigenvalue weighted by atomic mass is 9.84. The molecule has 1 N–H and O–H groups in total. The molecule has 0 saturated carbocycles. The van der Waals surface area contributed by atoms with E-state index in [1.54, 1.807) is 70.2 Å². The van der Waals surface area contributed by atoms with Crippen molar-refractivity contribution in [2.45, 2.75) is 64.2 Å². The van der Waals surface area contributed by atoms with Crippen molar-refractivity contribution in [1.82, 2.24) is 4.31 Å². The molecule has 0 aliphatic carbocycles. The zero-order chi connectivity index (χ0) is 31.2. The van der Waals surface area contributed by atoms with Crippen LogP contribution in [0.15, 0.2) is 63.9 Å². The van der Waals surface area contributed by atoms with Crippen molar-refractivity contribution in [2.24, 2.45) is 0 Å². The second kappa shape index (κ2) is 11.5. The summed E-state index contributed by atoms with van der Waals surface area (Å²) < 4.78 is 73.8. The summed E-state index contributed by atoms with van der Waals surface area (Å²) in [6.07, 6.45) is -4.72. The lowest BCUT2D eigenvalue weighted by Gasteiger charge is -2.23. The van der Waals surface area contributed by atoms with E-state index in [-0.39, 0.29) is 22.2 Å². The van der Waals surface area contributed by atoms with E-state index >= 15 is 0 Å². The maximum atomic E-state index is 14.1. The van der Waals surface area contributed by atoms with Crippen molar-refractivity contribution >= 4 is 38.9 Å². The summed E-state index contributed by atoms with van der Waals surface area (Å²) in [6, 6.07) is 14.0. The maximum Gasteiger partial charge on any atom is 0.449 e. The van der Waals surface area contributed by atoms with E-state index in [1.807, 2.05) is 6.92 Å². The predicted molar refractivity (Wildman–Crippen MR) is 156 cm³/mol. The topological polar surface area (TPSA) is 87.8 Å². The van der Waals surface area contributed by atoms with Crippen LogP contribution in [0.3, 0.4) is 0 Å². The molecule has 6 nitrogen and oxygen atoms in total. The number of rotatable bonds is 9. The largest absolute Gasteiger partial charge is 0.481 e. The van der Waals surface area contributed by atoms with E-state index in [9.17, 15) is 31.5 Å². The SMILES string of the molecule is Cc1cc(C)c(S(=O)(=O)N(Cc2ccc(C(F)(F)F)o2)Cc2sc(-c3cccc(C(C)(C)C(=O)O)c3)cc2Cl)c(C)c1. The molecular formula is C30H29ClF3NO5S2. The molecule has 4 aromatic rings. The van der Waals surface area contributed by atoms with Gasteiger partial charge in [-0.2, -0.15) is 17.5 Å². The fourth-order valence-corrected chi connectivity index (χ4v) is 8.00. The van der Waals surface area contributed by atoms with Crippen LogP contribution < -0.4 is 0 Å². The number of aliphatic carboxylic acids is 1. The molecule has 0 bridgehead atoms. The van der Waals surface area contributed by atoms with E-state index in [0.717, 1.165) is 22.0 Å². The molecule has 2 aromatic heterocycles. The van der Waals surface area contributed by atoms with Crippen molar-refractivity contribution in [1.29, 1.82) is 0 Å². The monoisotopic (exact) mass is 639 g/mol. The molecule has 0 atom stereocenters. The average molecular weight is 640 g/mol. The number of carboxylic acids is 1. The van der Waals surface area contributed by atoms with Crippen molar-refractivity contribution in [2.75, 3.05) is 0 Å². The Hall–Kier alpha value is -3.12. The normalized spacial score (nSPS) is 12.7. The minimum atomic E-state index is -4.72. The third kappa shape index (κ3) is 6.44. The van der Waals surface area contributed by atoms with Gasteiger partial charge in [0.15, 0.2) is 0 Å². The van der Waals surface area contributed by atoms with Crippen LogP contribution in [0.5, 0.6) is 0 Å². The highest BCUT2D eigenvalue weighted by Gasteiger charge is 2.36. The summed E-state index contributed by atoms with van der Waals surface area (Å²) >= 11 is 7.80. The third-order valence-electron chi connectivity index (χ3n) is 6.96. The fourth-order valence-electron chi connectivity index (χ4n) is 4.72. The predicted octanol–water partition coefficient (Wildman–Crippen LogP) is 8.36. The zero-order valence-electron chi connectivity index (χ0n) is 23.5. The highest BCUT2D eigenvalue weighted by Crippen LogP contribution is 2.39. The molecule has 0 saturated heterocycles. The van der Waals surface area contributed by atoms with Gasteiger partial charge in [0.25, 0.3) is 0 Å². The second-order valence-electron chi connectivity index (χ2n) is 10.7. The molecule has 4 rings (SSSR count). The number of benzene rings is 2. The third-order valence-corrected chi connectivity index (χ3v) is 10.7. The number of aryl methyl sites for hydroxylation is 3. The Labute approximate surface area is 251 Å². The first-order valence-corrected chi connectivity index (χ1v) is 15.4. The summed E-state index contributed by atoms with van der Waals surface area (Å²) in [6.45, 7) is 7.67. The van der Waals surface area contributed by atoms with Crippen LogP contribution in [0.1, 0.15) is 52.5 Å². The minimum absolute atomic E-state index is 0.0622. The summed E-state index contributed by atoms with van der Waals surface area (Å²) in [7, 11) is -4.23. The number of alkyl halides is 3. The van der Waals surface area contributed by atoms with Crippen LogP contribution in [0, 0.1) is 20.8 Å². The van der Waals surface area contributed by atoms with Gasteiger partial charge in [-0.05, 0) is 81.1 Å². The number of thiophene rings is 1. The van der Waals surface area contributed by atoms with E-state index in [0.29, 0.717) is 32.0 Å². The molecule has 0 aliphatic heterocycles. The number of nitrogens with zero attached hydrogens (tertiary/aromatic N) is 1. The van der Waals surface area contributed by atoms with Crippen molar-refractivity contribution in [3.05, 3.63) is 98.3 Å². The van der Waals surface area contributed by atoms with Crippen LogP contribution in [-0.2, 0) is 39.5 Å². The first kappa shape index (κ1) is 31.8. The van der Waals surface area contributed by atoms with Gasteiger partial charge in [-0.25, -0.2) is 8.42 Å². The Morgan fingerprint density at radius 3 is 2.21 bits per heavy atom. The number of hydrogen-bond donors (Lipinski definition) is 1. The molecule has 0 spiro atoms. The van der Waals surface area contributed by atoms with E-state index in [2.05, 4.69) is 0 Å². The summed E-state index contributed by atoms with van der Waals surface area (Å²) in [5, 5.41) is 9.91. The number of carbonyl (C=O) groups is 1. The number of carboxylic acid groups (broad SMARTS) is 1. The number of halogens is 4. The van der Waals surface area contributed by atoms with Gasteiger partial charge in [-0.15, -0.1) is 11.3 Å². The van der Waals surface area contributed by atoms with Gasteiger partial charge in [0.05, 0.1) is 28.4 Å². The number of sulfonamides is 1. The van der Waals surface area contributed by atoms with Crippen LogP contribution in [-0.4, -0.2) is 23.8 Å². The molecule has 0 amide bonds. The van der Waals surface area contributed by atoms with E-state index < -0.39 is 39.9 Å². The molecule has 0 aliphatic rings. The Balaban J connectivity index is 1.76. The Bertz CT molecular complexity index is 1730. The summed E-state index contributed by atoms with van der Waals surface area (Å²) in [5.74, 6) is -2.39. The highest BCUT2D eigenvalue weighted by molar-refractivity contribution is 7.89. The number of furan rings is 1. The highest BCUT2D eigenvalue weighted by atomic mass is 35.5. The first-order chi connectivity index (χ1) is 19.4. The molecule has 224 valence electrons. The second-order valence-corrected chi connectivity index (χ2v) is 14.1. The smallest absolute Gasteiger partial charge is 0.449 e. The van der Waals surface area contributed by atoms with Gasteiger partial charge in [-0.3, -0.25) is 4.79 Å². The van der Waals surface area contributed by atoms with Crippen LogP contribution >= 0.6 is 22.9 Å². The van der Waals surface area contributed by atoms with Gasteiger partial charge in [-0.1, -0.05) is 47.5 Å². The molecular weight excluding hydrogens is 611 g/mol. The summed E-state index contributed by atoms with van der Waals surface area (Å²) in [5.41, 5.74) is 2.00. The van der Waals surface area contributed by atoms with E-state index in [4.69, 9.17) is 16.0 Å². The van der Waals surface area contributed by atoms with Crippen LogP contribution in [0.4, 0.5) is 13.2 Å². The Kier molecular flexibility index (Phi) is 8.72. The molecule has 42 heavy (non-hydrogen) atoms. The standard InChI is InChI=1S/C30H29ClF3NO5S2/c1-17-11-18(2)27(19(3)12-17)42(38,39)35(15-22-9-10-26(40-22)30(32,33)34)16-25-23(31)14-24(41-25)20-7-6-8-21(13-20)29(4,5)28(36)37/h6-14H,15-16H2,1-5H3,(H,36,37). The van der Waals surface area contributed by atoms with Gasteiger partial charge in [0, 0.05) is 9.75 Å². The molecule has 0 radical (unpaired) electrons. The number of hydrogen-bond acceptors (Lipinski definition) is 5. The molecule has 2 heterocycles. The van der Waals surface area contributed by atoms with Crippen molar-refractivity contribution in [3.8, 4) is 10.4 Å². The molecule has 0 fully saturated rings. The zero-order valence-corrected chi connectivity index (χ0v) is 25.9. The van der Waals surface area contributed by atoms with Crippen LogP contribution in [0.2, 0.25) is 5.02 Å². The Morgan fingerprint density at radius 2 is 1.64 bits per heavy atom. The van der Waals surface area contributed by atoms with Gasteiger partial charge < -0.3 is 9.52 Å². The Morgan fingerprint density at radius 1 is 1.00 bits per heavy atom. The fraction of sp³-hybridized carbons (Fsp3) is 0.300. The van der Waals surface area contributed by atoms with Crippen LogP contribution in [0.25, 0.3) is 10.4 Å². The van der Waals surface area contributed by atoms with Gasteiger partial charge >= 0.3 is 12.1 Å². The van der Waals surface area contributed by atoms with Crippen molar-refractivity contribution < 1.29 is 35.9 Å². The van der Waals surface area contributed by atoms with Crippen molar-refractivity contribution in [3.63, 3.8) is 0 Å².